The number of benzene rings is 2. The molecule has 1 aromatic heterocycles. The van der Waals surface area contributed by atoms with E-state index in [9.17, 15) is 14.0 Å². The molecular formula is C29H33FN2O4. The highest BCUT2D eigenvalue weighted by Gasteiger charge is 2.34. The molecule has 1 aliphatic heterocycles. The summed E-state index contributed by atoms with van der Waals surface area (Å²) in [7, 11) is 1.73. The quantitative estimate of drug-likeness (QED) is 0.424. The molecule has 4 rings (SSSR count). The first-order valence-electron chi connectivity index (χ1n) is 12.4. The van der Waals surface area contributed by atoms with Gasteiger partial charge < -0.3 is 19.0 Å². The van der Waals surface area contributed by atoms with Crippen LogP contribution < -0.4 is 4.74 Å². The van der Waals surface area contributed by atoms with Crippen LogP contribution in [0.15, 0.2) is 65.3 Å². The molecule has 0 saturated heterocycles. The summed E-state index contributed by atoms with van der Waals surface area (Å²) in [6.07, 6.45) is 2.13. The molecule has 6 nitrogen and oxygen atoms in total. The van der Waals surface area contributed by atoms with E-state index in [1.165, 1.54) is 12.1 Å². The first-order chi connectivity index (χ1) is 17.3. The van der Waals surface area contributed by atoms with Gasteiger partial charge in [0, 0.05) is 19.5 Å². The van der Waals surface area contributed by atoms with Gasteiger partial charge in [0.05, 0.1) is 18.8 Å². The fraction of sp³-hybridized carbons (Fsp3) is 0.379. The Bertz CT molecular complexity index is 1190. The molecule has 2 atom stereocenters. The second kappa shape index (κ2) is 11.0. The summed E-state index contributed by atoms with van der Waals surface area (Å²) in [5.41, 5.74) is 2.88. The minimum absolute atomic E-state index is 0.0439. The van der Waals surface area contributed by atoms with E-state index in [4.69, 9.17) is 9.15 Å². The van der Waals surface area contributed by atoms with Crippen LogP contribution in [0.4, 0.5) is 4.39 Å². The molecule has 36 heavy (non-hydrogen) atoms. The number of ether oxygens (including phenoxy) is 1. The highest BCUT2D eigenvalue weighted by molar-refractivity contribution is 5.81. The van der Waals surface area contributed by atoms with Gasteiger partial charge in [0.25, 0.3) is 5.91 Å². The van der Waals surface area contributed by atoms with Crippen molar-refractivity contribution in [2.75, 3.05) is 13.6 Å². The van der Waals surface area contributed by atoms with E-state index < -0.39 is 6.10 Å². The number of furan rings is 1. The van der Waals surface area contributed by atoms with Gasteiger partial charge in [-0.3, -0.25) is 9.59 Å². The number of fused-ring (bicyclic) bond motifs is 1. The summed E-state index contributed by atoms with van der Waals surface area (Å²) < 4.78 is 25.3. The molecule has 3 aromatic rings. The summed E-state index contributed by atoms with van der Waals surface area (Å²) in [4.78, 5) is 29.7. The van der Waals surface area contributed by atoms with Crippen LogP contribution in [0.3, 0.4) is 0 Å². The summed E-state index contributed by atoms with van der Waals surface area (Å²) in [5.74, 6) is 0.677. The minimum Gasteiger partial charge on any atom is -0.481 e. The zero-order chi connectivity index (χ0) is 25.8. The van der Waals surface area contributed by atoms with Crippen molar-refractivity contribution in [3.05, 3.63) is 89.1 Å². The first-order valence-corrected chi connectivity index (χ1v) is 12.4. The number of amides is 2. The lowest BCUT2D eigenvalue weighted by Gasteiger charge is -2.39. The Labute approximate surface area is 211 Å². The maximum absolute atomic E-state index is 13.7. The molecule has 2 heterocycles. The molecule has 190 valence electrons. The van der Waals surface area contributed by atoms with E-state index in [0.717, 1.165) is 16.7 Å². The zero-order valence-corrected chi connectivity index (χ0v) is 21.2. The Morgan fingerprint density at radius 3 is 2.56 bits per heavy atom. The van der Waals surface area contributed by atoms with Gasteiger partial charge in [-0.2, -0.15) is 0 Å². The molecule has 0 N–H and O–H groups in total. The number of carbonyl (C=O) groups excluding carboxylic acids is 2. The van der Waals surface area contributed by atoms with Crippen molar-refractivity contribution in [2.45, 2.75) is 52.3 Å². The Balaban J connectivity index is 1.62. The third-order valence-corrected chi connectivity index (χ3v) is 6.58. The zero-order valence-electron chi connectivity index (χ0n) is 21.2. The fourth-order valence-electron chi connectivity index (χ4n) is 4.67. The Hall–Kier alpha value is -3.61. The molecule has 0 bridgehead atoms. The Morgan fingerprint density at radius 2 is 1.92 bits per heavy atom. The van der Waals surface area contributed by atoms with Crippen LogP contribution in [-0.4, -0.2) is 41.3 Å². The number of hydrogen-bond donors (Lipinski definition) is 0. The predicted molar refractivity (Wildman–Crippen MR) is 135 cm³/mol. The van der Waals surface area contributed by atoms with Crippen LogP contribution in [0.1, 0.15) is 55.7 Å². The molecule has 2 aromatic carbocycles. The maximum atomic E-state index is 13.7. The van der Waals surface area contributed by atoms with E-state index in [1.807, 2.05) is 49.9 Å². The summed E-state index contributed by atoms with van der Waals surface area (Å²) >= 11 is 0. The van der Waals surface area contributed by atoms with E-state index in [2.05, 4.69) is 0 Å². The normalized spacial score (nSPS) is 15.9. The number of carbonyl (C=O) groups is 2. The highest BCUT2D eigenvalue weighted by Crippen LogP contribution is 2.38. The van der Waals surface area contributed by atoms with Gasteiger partial charge in [0.2, 0.25) is 5.91 Å². The van der Waals surface area contributed by atoms with E-state index in [0.29, 0.717) is 37.4 Å². The van der Waals surface area contributed by atoms with Gasteiger partial charge in [0.1, 0.15) is 17.3 Å². The van der Waals surface area contributed by atoms with Gasteiger partial charge in [-0.05, 0) is 65.9 Å². The second-order valence-electron chi connectivity index (χ2n) is 9.54. The van der Waals surface area contributed by atoms with Crippen LogP contribution >= 0.6 is 0 Å². The van der Waals surface area contributed by atoms with Crippen molar-refractivity contribution in [1.29, 1.82) is 0 Å². The summed E-state index contributed by atoms with van der Waals surface area (Å²) in [6, 6.07) is 15.4. The van der Waals surface area contributed by atoms with Crippen LogP contribution in [0.5, 0.6) is 5.75 Å². The van der Waals surface area contributed by atoms with Crippen LogP contribution in [0.25, 0.3) is 0 Å². The molecule has 2 unspecified atom stereocenters. The molecule has 7 heteroatoms. The van der Waals surface area contributed by atoms with Crippen LogP contribution in [0.2, 0.25) is 0 Å². The molecule has 2 amide bonds. The molecule has 1 aliphatic rings. The Morgan fingerprint density at radius 1 is 1.17 bits per heavy atom. The average Bonchev–Trinajstić information content (AvgIpc) is 3.39. The second-order valence-corrected chi connectivity index (χ2v) is 9.54. The average molecular weight is 493 g/mol. The molecule has 0 fully saturated rings. The lowest BCUT2D eigenvalue weighted by molar-refractivity contribution is -0.138. The largest absolute Gasteiger partial charge is 0.481 e. The monoisotopic (exact) mass is 492 g/mol. The van der Waals surface area contributed by atoms with Crippen molar-refractivity contribution >= 4 is 11.8 Å². The first kappa shape index (κ1) is 25.5. The van der Waals surface area contributed by atoms with Crippen molar-refractivity contribution < 1.29 is 23.1 Å². The summed E-state index contributed by atoms with van der Waals surface area (Å²) in [6.45, 7) is 6.62. The SMILES string of the molecule is CCC(Oc1ccc2c(c1)C(c1ccc(F)cc1)N(C(=O)C(C)C)CC2)C(=O)N(C)Cc1ccco1. The topological polar surface area (TPSA) is 63.0 Å². The lowest BCUT2D eigenvalue weighted by atomic mass is 9.87. The third kappa shape index (κ3) is 5.45. The van der Waals surface area contributed by atoms with Crippen molar-refractivity contribution in [3.8, 4) is 5.75 Å². The number of hydrogen-bond acceptors (Lipinski definition) is 4. The van der Waals surface area contributed by atoms with E-state index >= 15 is 0 Å². The number of likely N-dealkylation sites (N-methyl/N-ethyl adjacent to an activating group) is 1. The predicted octanol–water partition coefficient (Wildman–Crippen LogP) is 5.36. The molecule has 0 aliphatic carbocycles. The Kier molecular flexibility index (Phi) is 7.77. The number of nitrogens with zero attached hydrogens (tertiary/aromatic N) is 2. The van der Waals surface area contributed by atoms with Gasteiger partial charge in [-0.1, -0.05) is 39.0 Å². The van der Waals surface area contributed by atoms with E-state index in [-0.39, 0.29) is 29.6 Å². The highest BCUT2D eigenvalue weighted by atomic mass is 19.1. The van der Waals surface area contributed by atoms with Crippen LogP contribution in [-0.2, 0) is 22.6 Å². The number of halogens is 1. The molecule has 0 radical (unpaired) electrons. The van der Waals surface area contributed by atoms with Gasteiger partial charge in [-0.15, -0.1) is 0 Å². The fourth-order valence-corrected chi connectivity index (χ4v) is 4.67. The van der Waals surface area contributed by atoms with Gasteiger partial charge >= 0.3 is 0 Å². The van der Waals surface area contributed by atoms with Gasteiger partial charge in [-0.25, -0.2) is 4.39 Å². The molecule has 0 saturated carbocycles. The summed E-state index contributed by atoms with van der Waals surface area (Å²) in [5, 5.41) is 0. The van der Waals surface area contributed by atoms with Crippen LogP contribution in [0, 0.1) is 11.7 Å². The minimum atomic E-state index is -0.663. The maximum Gasteiger partial charge on any atom is 0.263 e. The number of rotatable bonds is 8. The molecular weight excluding hydrogens is 459 g/mol. The van der Waals surface area contributed by atoms with Crippen molar-refractivity contribution in [2.24, 2.45) is 5.92 Å². The van der Waals surface area contributed by atoms with E-state index in [1.54, 1.807) is 36.4 Å². The molecule has 0 spiro atoms. The van der Waals surface area contributed by atoms with Gasteiger partial charge in [0.15, 0.2) is 6.10 Å². The van der Waals surface area contributed by atoms with Crippen molar-refractivity contribution in [3.63, 3.8) is 0 Å². The van der Waals surface area contributed by atoms with Crippen molar-refractivity contribution in [1.82, 2.24) is 9.80 Å². The smallest absolute Gasteiger partial charge is 0.263 e. The lowest BCUT2D eigenvalue weighted by Crippen LogP contribution is -2.42. The standard InChI is InChI=1S/C29H33FN2O4/c1-5-26(29(34)31(4)18-24-7-6-16-35-24)36-23-13-10-20-14-15-32(28(33)19(2)3)27(25(20)17-23)21-8-11-22(30)12-9-21/h6-13,16-17,19,26-27H,5,14-15,18H2,1-4H3. The third-order valence-electron chi connectivity index (χ3n) is 6.58.